The molecule has 1 aliphatic heterocycles. The van der Waals surface area contributed by atoms with E-state index in [-0.39, 0.29) is 5.92 Å². The number of amidine groups is 1. The Hall–Kier alpha value is -7.60. The molecule has 9 aromatic carbocycles. The molecule has 5 heteroatoms. The van der Waals surface area contributed by atoms with E-state index in [4.69, 9.17) is 14.4 Å². The highest BCUT2D eigenvalue weighted by Crippen LogP contribution is 2.45. The van der Waals surface area contributed by atoms with Crippen molar-refractivity contribution in [1.29, 1.82) is 0 Å². The van der Waals surface area contributed by atoms with E-state index in [1.54, 1.807) is 0 Å². The molecule has 0 fully saturated rings. The van der Waals surface area contributed by atoms with E-state index in [1.165, 1.54) is 52.7 Å². The Balaban J connectivity index is 1.14. The lowest BCUT2D eigenvalue weighted by molar-refractivity contribution is 0.669. The van der Waals surface area contributed by atoms with Crippen LogP contribution in [0.5, 0.6) is 0 Å². The van der Waals surface area contributed by atoms with E-state index in [2.05, 4.69) is 200 Å². The summed E-state index contributed by atoms with van der Waals surface area (Å²) in [7, 11) is 0. The monoisotopic (exact) mass is 811 g/mol. The van der Waals surface area contributed by atoms with Gasteiger partial charge in [-0.2, -0.15) is 0 Å². The van der Waals surface area contributed by atoms with Crippen LogP contribution in [0.25, 0.3) is 96.8 Å². The molecule has 1 atom stereocenters. The van der Waals surface area contributed by atoms with Gasteiger partial charge in [0.25, 0.3) is 0 Å². The Morgan fingerprint density at radius 3 is 2.03 bits per heavy atom. The van der Waals surface area contributed by atoms with Crippen LogP contribution in [0.15, 0.2) is 202 Å². The number of allylic oxidation sites excluding steroid dienone is 1. The summed E-state index contributed by atoms with van der Waals surface area (Å²) >= 11 is 1.84. The maximum atomic E-state index is 6.82. The van der Waals surface area contributed by atoms with E-state index in [0.717, 1.165) is 73.0 Å². The van der Waals surface area contributed by atoms with Gasteiger partial charge in [-0.1, -0.05) is 140 Å². The second kappa shape index (κ2) is 13.7. The molecule has 0 aliphatic carbocycles. The number of aromatic nitrogens is 1. The third-order valence-corrected chi connectivity index (χ3v) is 14.0. The molecule has 0 amide bonds. The molecule has 1 aliphatic rings. The average molecular weight is 812 g/mol. The van der Waals surface area contributed by atoms with Gasteiger partial charge in [0.05, 0.1) is 28.1 Å². The minimum absolute atomic E-state index is 0.0794. The summed E-state index contributed by atoms with van der Waals surface area (Å²) < 4.78 is 11.8. The Kier molecular flexibility index (Phi) is 7.78. The van der Waals surface area contributed by atoms with Crippen LogP contribution >= 0.6 is 11.3 Å². The lowest BCUT2D eigenvalue weighted by Crippen LogP contribution is -2.17. The zero-order valence-electron chi connectivity index (χ0n) is 33.8. The first kappa shape index (κ1) is 35.2. The summed E-state index contributed by atoms with van der Waals surface area (Å²) in [5, 5.41) is 11.8. The molecule has 0 saturated carbocycles. The third-order valence-electron chi connectivity index (χ3n) is 12.8. The van der Waals surface area contributed by atoms with E-state index in [0.29, 0.717) is 5.84 Å². The first-order valence-electron chi connectivity index (χ1n) is 21.3. The predicted molar refractivity (Wildman–Crippen MR) is 264 cm³/mol. The molecule has 1 unspecified atom stereocenters. The van der Waals surface area contributed by atoms with Crippen LogP contribution in [0.4, 0.5) is 0 Å². The summed E-state index contributed by atoms with van der Waals surface area (Å²) in [5.41, 5.74) is 10.1. The van der Waals surface area contributed by atoms with Gasteiger partial charge in [-0.3, -0.25) is 0 Å². The quantitative estimate of drug-likeness (QED) is 0.175. The Morgan fingerprint density at radius 2 is 1.21 bits per heavy atom. The van der Waals surface area contributed by atoms with Crippen LogP contribution < -0.4 is 0 Å². The number of hydrogen-bond donors (Lipinski definition) is 0. The number of thiophene rings is 1. The fraction of sp³-hybridized carbons (Fsp3) is 0.0526. The molecule has 4 heterocycles. The molecule has 13 rings (SSSR count). The zero-order chi connectivity index (χ0) is 40.9. The van der Waals surface area contributed by atoms with Crippen LogP contribution in [0, 0.1) is 5.92 Å². The number of fused-ring (bicyclic) bond motifs is 11. The molecule has 0 N–H and O–H groups in total. The molecule has 4 nitrogen and oxygen atoms in total. The Morgan fingerprint density at radius 1 is 0.532 bits per heavy atom. The topological polar surface area (TPSA) is 42.8 Å². The third kappa shape index (κ3) is 5.38. The fourth-order valence-electron chi connectivity index (χ4n) is 9.90. The molecular formula is C57H37N3OS. The number of rotatable bonds is 4. The largest absolute Gasteiger partial charge is 0.456 e. The number of hydrogen-bond acceptors (Lipinski definition) is 4. The summed E-state index contributed by atoms with van der Waals surface area (Å²) in [5.74, 6) is 0.764. The number of nitrogens with zero attached hydrogens (tertiary/aromatic N) is 3. The first-order valence-corrected chi connectivity index (χ1v) is 22.1. The van der Waals surface area contributed by atoms with E-state index in [9.17, 15) is 0 Å². The minimum atomic E-state index is 0.0794. The van der Waals surface area contributed by atoms with Gasteiger partial charge in [-0.25, -0.2) is 9.98 Å². The van der Waals surface area contributed by atoms with E-state index in [1.807, 2.05) is 11.3 Å². The predicted octanol–water partition coefficient (Wildman–Crippen LogP) is 15.7. The molecule has 3 aromatic heterocycles. The fourth-order valence-corrected chi connectivity index (χ4v) is 11.0. The van der Waals surface area contributed by atoms with Crippen molar-refractivity contribution in [2.45, 2.75) is 13.3 Å². The van der Waals surface area contributed by atoms with Gasteiger partial charge in [0.15, 0.2) is 5.84 Å². The van der Waals surface area contributed by atoms with Crippen molar-refractivity contribution >= 4 is 114 Å². The van der Waals surface area contributed by atoms with E-state index < -0.39 is 0 Å². The standard InChI is InChI=1S/C57H37N3OS/c1-34-26-27-45(58-57(35-14-3-2-4-15-35)59-56(34)42-22-13-25-52-53(42)41-21-10-12-24-51(41)62-52)55-47(28-29-49-54(55)44-31-37-17-6-8-19-39(37)33-50(44)61-49)60-46-23-11-9-20-40(46)43-30-36-16-5-7-18-38(36)32-48(43)60/h2-25,27-34H,26H2,1H3/b45-27+,58-57-,59-56+. The number of aliphatic imine (C=N–C) groups is 2. The van der Waals surface area contributed by atoms with Gasteiger partial charge in [0.2, 0.25) is 0 Å². The van der Waals surface area contributed by atoms with Crippen molar-refractivity contribution in [1.82, 2.24) is 4.57 Å². The van der Waals surface area contributed by atoms with Crippen molar-refractivity contribution in [2.24, 2.45) is 15.9 Å². The lowest BCUT2D eigenvalue weighted by Gasteiger charge is -2.21. The maximum Gasteiger partial charge on any atom is 0.160 e. The highest BCUT2D eigenvalue weighted by Gasteiger charge is 2.26. The van der Waals surface area contributed by atoms with Crippen LogP contribution in [0.2, 0.25) is 0 Å². The molecule has 292 valence electrons. The zero-order valence-corrected chi connectivity index (χ0v) is 34.7. The normalized spacial score (nSPS) is 17.4. The SMILES string of the molecule is CC1C/C=C(c2c(-n3c4ccccc4c4cc5ccccc5cc43)ccc3oc4cc5ccccc5cc4c23)/N=C(c2ccccc2)\N=C/1c1cccc2sc3ccccc3c12. The van der Waals surface area contributed by atoms with Crippen molar-refractivity contribution in [2.75, 3.05) is 0 Å². The summed E-state index contributed by atoms with van der Waals surface area (Å²) in [6, 6.07) is 65.4. The molecule has 0 bridgehead atoms. The summed E-state index contributed by atoms with van der Waals surface area (Å²) in [4.78, 5) is 11.4. The average Bonchev–Trinajstić information content (AvgIpc) is 3.98. The van der Waals surface area contributed by atoms with Crippen LogP contribution in [0.1, 0.15) is 30.0 Å². The van der Waals surface area contributed by atoms with Crippen molar-refractivity contribution in [3.8, 4) is 5.69 Å². The lowest BCUT2D eigenvalue weighted by atomic mass is 9.90. The van der Waals surface area contributed by atoms with Gasteiger partial charge in [-0.05, 0) is 82.6 Å². The van der Waals surface area contributed by atoms with Crippen LogP contribution in [-0.4, -0.2) is 16.1 Å². The van der Waals surface area contributed by atoms with Gasteiger partial charge in [0, 0.05) is 64.3 Å². The van der Waals surface area contributed by atoms with Gasteiger partial charge in [0.1, 0.15) is 11.2 Å². The number of benzene rings is 9. The first-order chi connectivity index (χ1) is 30.6. The molecule has 0 saturated heterocycles. The number of furan rings is 1. The second-order valence-electron chi connectivity index (χ2n) is 16.5. The molecular weight excluding hydrogens is 775 g/mol. The smallest absolute Gasteiger partial charge is 0.160 e. The van der Waals surface area contributed by atoms with Crippen molar-refractivity contribution in [3.05, 3.63) is 205 Å². The highest BCUT2D eigenvalue weighted by atomic mass is 32.1. The van der Waals surface area contributed by atoms with Crippen molar-refractivity contribution in [3.63, 3.8) is 0 Å². The van der Waals surface area contributed by atoms with Gasteiger partial charge in [-0.15, -0.1) is 11.3 Å². The molecule has 0 spiro atoms. The van der Waals surface area contributed by atoms with E-state index >= 15 is 0 Å². The molecule has 62 heavy (non-hydrogen) atoms. The summed E-state index contributed by atoms with van der Waals surface area (Å²) in [6.45, 7) is 2.31. The molecule has 12 aromatic rings. The maximum absolute atomic E-state index is 6.82. The Labute approximate surface area is 361 Å². The van der Waals surface area contributed by atoms with Gasteiger partial charge >= 0.3 is 0 Å². The minimum Gasteiger partial charge on any atom is -0.456 e. The summed E-state index contributed by atoms with van der Waals surface area (Å²) in [6.07, 6.45) is 3.10. The molecule has 0 radical (unpaired) electrons. The van der Waals surface area contributed by atoms with Crippen molar-refractivity contribution < 1.29 is 4.42 Å². The second-order valence-corrected chi connectivity index (χ2v) is 17.6. The van der Waals surface area contributed by atoms with Crippen LogP contribution in [0.3, 0.4) is 0 Å². The highest BCUT2D eigenvalue weighted by molar-refractivity contribution is 7.25. The number of para-hydroxylation sites is 1. The van der Waals surface area contributed by atoms with Gasteiger partial charge < -0.3 is 8.98 Å². The Bertz CT molecular complexity index is 3920. The van der Waals surface area contributed by atoms with Crippen LogP contribution in [-0.2, 0) is 0 Å².